The molecular formula is C12H16ClN3O2. The lowest BCUT2D eigenvalue weighted by Gasteiger charge is -2.09. The van der Waals surface area contributed by atoms with E-state index in [4.69, 9.17) is 0 Å². The summed E-state index contributed by atoms with van der Waals surface area (Å²) in [6.45, 7) is 2.44. The Morgan fingerprint density at radius 2 is 2.06 bits per heavy atom. The van der Waals surface area contributed by atoms with Crippen molar-refractivity contribution in [1.82, 2.24) is 9.78 Å². The van der Waals surface area contributed by atoms with Crippen LogP contribution >= 0.6 is 12.4 Å². The van der Waals surface area contributed by atoms with Gasteiger partial charge in [0.15, 0.2) is 0 Å². The Bertz CT molecular complexity index is 521. The van der Waals surface area contributed by atoms with Crippen molar-refractivity contribution in [1.29, 1.82) is 0 Å². The van der Waals surface area contributed by atoms with Crippen molar-refractivity contribution in [2.24, 2.45) is 7.05 Å². The molecule has 2 aromatic rings. The van der Waals surface area contributed by atoms with E-state index in [1.54, 1.807) is 23.0 Å². The van der Waals surface area contributed by atoms with E-state index in [1.807, 2.05) is 14.0 Å². The average molecular weight is 270 g/mol. The van der Waals surface area contributed by atoms with E-state index in [-0.39, 0.29) is 23.9 Å². The monoisotopic (exact) mass is 269 g/mol. The Morgan fingerprint density at radius 1 is 1.33 bits per heavy atom. The molecule has 0 aliphatic rings. The summed E-state index contributed by atoms with van der Waals surface area (Å²) in [5.41, 5.74) is 1.77. The van der Waals surface area contributed by atoms with Gasteiger partial charge in [-0.1, -0.05) is 0 Å². The van der Waals surface area contributed by atoms with E-state index in [0.29, 0.717) is 6.54 Å². The van der Waals surface area contributed by atoms with E-state index in [9.17, 15) is 10.2 Å². The lowest BCUT2D eigenvalue weighted by atomic mass is 10.2. The molecule has 0 amide bonds. The Kier molecular flexibility index (Phi) is 4.44. The molecule has 3 N–H and O–H groups in total. The zero-order valence-electron chi connectivity index (χ0n) is 10.2. The Morgan fingerprint density at radius 3 is 2.61 bits per heavy atom. The normalized spacial score (nSPS) is 9.89. The van der Waals surface area contributed by atoms with Crippen molar-refractivity contribution in [2.45, 2.75) is 13.5 Å². The first-order valence-electron chi connectivity index (χ1n) is 5.31. The fourth-order valence-corrected chi connectivity index (χ4v) is 1.68. The zero-order valence-corrected chi connectivity index (χ0v) is 11.0. The molecule has 18 heavy (non-hydrogen) atoms. The van der Waals surface area contributed by atoms with Crippen molar-refractivity contribution in [2.75, 3.05) is 5.32 Å². The maximum Gasteiger partial charge on any atom is 0.127 e. The number of aryl methyl sites for hydroxylation is 2. The lowest BCUT2D eigenvalue weighted by molar-refractivity contribution is 0.446. The second-order valence-electron chi connectivity index (χ2n) is 3.97. The quantitative estimate of drug-likeness (QED) is 0.799. The van der Waals surface area contributed by atoms with Gasteiger partial charge in [-0.3, -0.25) is 4.68 Å². The standard InChI is InChI=1S/C12H15N3O2.ClH/c1-8-6-14-15(2)12(8)13-7-9-3-4-10(16)5-11(9)17;/h3-6,13,16-17H,7H2,1-2H3;1H. The second kappa shape index (κ2) is 5.64. The van der Waals surface area contributed by atoms with Gasteiger partial charge in [0.1, 0.15) is 17.3 Å². The molecule has 0 saturated heterocycles. The van der Waals surface area contributed by atoms with Crippen LogP contribution in [0.2, 0.25) is 0 Å². The molecule has 0 spiro atoms. The highest BCUT2D eigenvalue weighted by atomic mass is 35.5. The molecule has 0 bridgehead atoms. The predicted octanol–water partition coefficient (Wildman–Crippen LogP) is 2.17. The highest BCUT2D eigenvalue weighted by molar-refractivity contribution is 5.85. The fraction of sp³-hybridized carbons (Fsp3) is 0.250. The van der Waals surface area contributed by atoms with Crippen molar-refractivity contribution < 1.29 is 10.2 Å². The zero-order chi connectivity index (χ0) is 12.4. The van der Waals surface area contributed by atoms with E-state index in [1.165, 1.54) is 6.07 Å². The number of hydrogen-bond acceptors (Lipinski definition) is 4. The summed E-state index contributed by atoms with van der Waals surface area (Å²) in [6.07, 6.45) is 1.78. The molecule has 2 rings (SSSR count). The largest absolute Gasteiger partial charge is 0.508 e. The minimum absolute atomic E-state index is 0. The summed E-state index contributed by atoms with van der Waals surface area (Å²) >= 11 is 0. The van der Waals surface area contributed by atoms with Crippen LogP contribution in [0.3, 0.4) is 0 Å². The summed E-state index contributed by atoms with van der Waals surface area (Å²) < 4.78 is 1.74. The van der Waals surface area contributed by atoms with Gasteiger partial charge < -0.3 is 15.5 Å². The summed E-state index contributed by atoms with van der Waals surface area (Å²) in [5.74, 6) is 1.05. The van der Waals surface area contributed by atoms with Crippen LogP contribution in [0.1, 0.15) is 11.1 Å². The maximum absolute atomic E-state index is 9.64. The molecule has 0 saturated carbocycles. The molecule has 0 aliphatic heterocycles. The molecule has 5 nitrogen and oxygen atoms in total. The number of hydrogen-bond donors (Lipinski definition) is 3. The van der Waals surface area contributed by atoms with Gasteiger partial charge in [-0.2, -0.15) is 5.10 Å². The summed E-state index contributed by atoms with van der Waals surface area (Å²) in [7, 11) is 1.85. The Labute approximate surface area is 111 Å². The van der Waals surface area contributed by atoms with Crippen LogP contribution in [0, 0.1) is 6.92 Å². The molecule has 1 heterocycles. The molecule has 98 valence electrons. The number of phenols is 2. The molecule has 1 aromatic heterocycles. The average Bonchev–Trinajstić information content (AvgIpc) is 2.58. The summed E-state index contributed by atoms with van der Waals surface area (Å²) in [4.78, 5) is 0. The van der Waals surface area contributed by atoms with Crippen LogP contribution in [-0.2, 0) is 13.6 Å². The van der Waals surface area contributed by atoms with Crippen molar-refractivity contribution in [3.63, 3.8) is 0 Å². The first-order valence-corrected chi connectivity index (χ1v) is 5.31. The van der Waals surface area contributed by atoms with Gasteiger partial charge in [-0.05, 0) is 19.1 Å². The van der Waals surface area contributed by atoms with Crippen molar-refractivity contribution in [3.05, 3.63) is 35.5 Å². The molecule has 0 unspecified atom stereocenters. The smallest absolute Gasteiger partial charge is 0.127 e. The third-order valence-electron chi connectivity index (χ3n) is 2.64. The van der Waals surface area contributed by atoms with Gasteiger partial charge in [-0.15, -0.1) is 12.4 Å². The van der Waals surface area contributed by atoms with Crippen LogP contribution < -0.4 is 5.32 Å². The predicted molar refractivity (Wildman–Crippen MR) is 72.3 cm³/mol. The van der Waals surface area contributed by atoms with E-state index in [2.05, 4.69) is 10.4 Å². The molecule has 0 aliphatic carbocycles. The number of anilines is 1. The van der Waals surface area contributed by atoms with Crippen LogP contribution in [0.4, 0.5) is 5.82 Å². The van der Waals surface area contributed by atoms with E-state index < -0.39 is 0 Å². The molecule has 0 radical (unpaired) electrons. The van der Waals surface area contributed by atoms with Crippen molar-refractivity contribution >= 4 is 18.2 Å². The first-order chi connectivity index (χ1) is 8.08. The highest BCUT2D eigenvalue weighted by Gasteiger charge is 2.06. The Hall–Kier alpha value is -1.88. The van der Waals surface area contributed by atoms with Gasteiger partial charge in [-0.25, -0.2) is 0 Å². The van der Waals surface area contributed by atoms with Crippen LogP contribution in [0.5, 0.6) is 11.5 Å². The number of halogens is 1. The minimum atomic E-state index is 0. The topological polar surface area (TPSA) is 70.3 Å². The van der Waals surface area contributed by atoms with Gasteiger partial charge in [0.2, 0.25) is 0 Å². The summed E-state index contributed by atoms with van der Waals surface area (Å²) in [6, 6.07) is 4.56. The number of rotatable bonds is 3. The SMILES string of the molecule is Cc1cnn(C)c1NCc1ccc(O)cc1O.Cl. The lowest BCUT2D eigenvalue weighted by Crippen LogP contribution is -2.05. The van der Waals surface area contributed by atoms with E-state index >= 15 is 0 Å². The van der Waals surface area contributed by atoms with Crippen LogP contribution in [-0.4, -0.2) is 20.0 Å². The number of aromatic nitrogens is 2. The van der Waals surface area contributed by atoms with Crippen LogP contribution in [0.25, 0.3) is 0 Å². The molecule has 0 atom stereocenters. The van der Waals surface area contributed by atoms with Gasteiger partial charge in [0.25, 0.3) is 0 Å². The first kappa shape index (κ1) is 14.2. The van der Waals surface area contributed by atoms with Gasteiger partial charge in [0, 0.05) is 30.8 Å². The van der Waals surface area contributed by atoms with Crippen molar-refractivity contribution in [3.8, 4) is 11.5 Å². The fourth-order valence-electron chi connectivity index (χ4n) is 1.68. The minimum Gasteiger partial charge on any atom is -0.508 e. The number of phenolic OH excluding ortho intramolecular Hbond substituents is 2. The molecular weight excluding hydrogens is 254 g/mol. The number of benzene rings is 1. The number of nitrogens with one attached hydrogen (secondary N) is 1. The molecule has 6 heteroatoms. The third kappa shape index (κ3) is 2.87. The molecule has 0 fully saturated rings. The number of aromatic hydroxyl groups is 2. The number of nitrogens with zero attached hydrogens (tertiary/aromatic N) is 2. The third-order valence-corrected chi connectivity index (χ3v) is 2.64. The summed E-state index contributed by atoms with van der Waals surface area (Å²) in [5, 5.41) is 26.1. The van der Waals surface area contributed by atoms with E-state index in [0.717, 1.165) is 16.9 Å². The van der Waals surface area contributed by atoms with Gasteiger partial charge in [0.05, 0.1) is 6.20 Å². The van der Waals surface area contributed by atoms with Gasteiger partial charge >= 0.3 is 0 Å². The Balaban J connectivity index is 0.00000162. The maximum atomic E-state index is 9.64. The highest BCUT2D eigenvalue weighted by Crippen LogP contribution is 2.23. The molecule has 1 aromatic carbocycles. The second-order valence-corrected chi connectivity index (χ2v) is 3.97. The van der Waals surface area contributed by atoms with Crippen LogP contribution in [0.15, 0.2) is 24.4 Å².